The first kappa shape index (κ1) is 19.0. The molecule has 1 amide bonds. The van der Waals surface area contributed by atoms with Gasteiger partial charge in [-0.15, -0.1) is 0 Å². The highest BCUT2D eigenvalue weighted by atomic mass is 19.1. The number of fused-ring (bicyclic) bond motifs is 1. The molecule has 0 spiro atoms. The van der Waals surface area contributed by atoms with E-state index in [2.05, 4.69) is 10.3 Å². The van der Waals surface area contributed by atoms with Gasteiger partial charge in [0.15, 0.2) is 5.82 Å². The molecule has 2 aromatic heterocycles. The molecule has 1 N–H and O–H groups in total. The number of benzene rings is 1. The first-order valence-electron chi connectivity index (χ1n) is 9.31. The molecule has 4 rings (SSSR count). The van der Waals surface area contributed by atoms with Crippen LogP contribution in [0.5, 0.6) is 0 Å². The second-order valence-electron chi connectivity index (χ2n) is 7.20. The van der Waals surface area contributed by atoms with Crippen molar-refractivity contribution in [3.05, 3.63) is 92.7 Å². The van der Waals surface area contributed by atoms with Crippen LogP contribution in [0.2, 0.25) is 0 Å². The molecule has 1 aromatic carbocycles. The van der Waals surface area contributed by atoms with Crippen LogP contribution in [0.25, 0.3) is 0 Å². The molecule has 0 atom stereocenters. The molecule has 148 valence electrons. The fourth-order valence-corrected chi connectivity index (χ4v) is 3.56. The van der Waals surface area contributed by atoms with Gasteiger partial charge < -0.3 is 9.88 Å². The zero-order chi connectivity index (χ0) is 20.5. The average Bonchev–Trinajstić information content (AvgIpc) is 2.69. The van der Waals surface area contributed by atoms with E-state index in [1.807, 2.05) is 6.92 Å². The minimum atomic E-state index is -0.808. The smallest absolute Gasteiger partial charge is 0.286 e. The monoisotopic (exact) mass is 395 g/mol. The molecule has 0 unspecified atom stereocenters. The van der Waals surface area contributed by atoms with Crippen molar-refractivity contribution in [2.24, 2.45) is 0 Å². The summed E-state index contributed by atoms with van der Waals surface area (Å²) in [6, 6.07) is 5.75. The summed E-state index contributed by atoms with van der Waals surface area (Å²) >= 11 is 0. The number of amides is 1. The van der Waals surface area contributed by atoms with E-state index in [4.69, 9.17) is 0 Å². The third-order valence-electron chi connectivity index (χ3n) is 5.29. The molecule has 1 aliphatic rings. The molecular weight excluding hydrogens is 376 g/mol. The lowest BCUT2D eigenvalue weighted by atomic mass is 9.94. The lowest BCUT2D eigenvalue weighted by Gasteiger charge is -2.19. The largest absolute Gasteiger partial charge is 0.326 e. The Labute approximate surface area is 166 Å². The lowest BCUT2D eigenvalue weighted by molar-refractivity contribution is -0.116. The van der Waals surface area contributed by atoms with Gasteiger partial charge in [0, 0.05) is 37.1 Å². The van der Waals surface area contributed by atoms with Gasteiger partial charge in [-0.2, -0.15) is 0 Å². The first-order chi connectivity index (χ1) is 13.9. The zero-order valence-electron chi connectivity index (χ0n) is 15.8. The van der Waals surface area contributed by atoms with E-state index in [0.29, 0.717) is 30.5 Å². The third-order valence-corrected chi connectivity index (χ3v) is 5.29. The molecule has 0 saturated carbocycles. The molecule has 0 bridgehead atoms. The highest BCUT2D eigenvalue weighted by molar-refractivity contribution is 5.93. The Bertz CT molecular complexity index is 1170. The number of halogens is 2. The van der Waals surface area contributed by atoms with Crippen LogP contribution in [0.1, 0.15) is 34.2 Å². The minimum absolute atomic E-state index is 0.106. The minimum Gasteiger partial charge on any atom is -0.326 e. The normalized spacial score (nSPS) is 13.1. The highest BCUT2D eigenvalue weighted by Crippen LogP contribution is 2.28. The number of nitrogens with one attached hydrogen (secondary N) is 1. The number of carbonyl (C=O) groups is 1. The standard InChI is InChI=1S/C22H19F2N3O2/c1-13-16(8-15-7-14-4-5-21(28)26-20(14)9-19(15)24)10-25-11-17(13)12-27-6-2-3-18(23)22(27)29/h2-3,6-7,9-11H,4-5,8,12H2,1H3,(H,26,28). The van der Waals surface area contributed by atoms with Crippen LogP contribution in [-0.2, 0) is 24.2 Å². The molecule has 0 radical (unpaired) electrons. The summed E-state index contributed by atoms with van der Waals surface area (Å²) in [5.41, 5.74) is 3.73. The van der Waals surface area contributed by atoms with E-state index in [0.717, 1.165) is 28.3 Å². The Hall–Kier alpha value is -3.35. The average molecular weight is 395 g/mol. The van der Waals surface area contributed by atoms with Gasteiger partial charge >= 0.3 is 0 Å². The summed E-state index contributed by atoms with van der Waals surface area (Å²) in [5.74, 6) is -1.31. The van der Waals surface area contributed by atoms with Gasteiger partial charge in [-0.3, -0.25) is 14.6 Å². The lowest BCUT2D eigenvalue weighted by Crippen LogP contribution is -2.23. The SMILES string of the molecule is Cc1c(Cc2cc3c(cc2F)NC(=O)CC3)cncc1Cn1cccc(F)c1=O. The number of rotatable bonds is 4. The van der Waals surface area contributed by atoms with Gasteiger partial charge in [0.05, 0.1) is 6.54 Å². The van der Waals surface area contributed by atoms with Crippen molar-refractivity contribution in [1.82, 2.24) is 9.55 Å². The van der Waals surface area contributed by atoms with Gasteiger partial charge in [-0.05, 0) is 59.4 Å². The molecule has 29 heavy (non-hydrogen) atoms. The Morgan fingerprint density at radius 1 is 1.07 bits per heavy atom. The fraction of sp³-hybridized carbons (Fsp3) is 0.227. The Balaban J connectivity index is 1.64. The molecule has 0 fully saturated rings. The van der Waals surface area contributed by atoms with E-state index in [1.54, 1.807) is 18.5 Å². The van der Waals surface area contributed by atoms with E-state index >= 15 is 0 Å². The van der Waals surface area contributed by atoms with E-state index in [9.17, 15) is 18.4 Å². The van der Waals surface area contributed by atoms with Gasteiger partial charge in [0.2, 0.25) is 5.91 Å². The number of carbonyl (C=O) groups excluding carboxylic acids is 1. The Morgan fingerprint density at radius 2 is 1.86 bits per heavy atom. The topological polar surface area (TPSA) is 64.0 Å². The van der Waals surface area contributed by atoms with Crippen LogP contribution in [0.3, 0.4) is 0 Å². The molecule has 3 heterocycles. The zero-order valence-corrected chi connectivity index (χ0v) is 15.8. The number of aryl methyl sites for hydroxylation is 1. The van der Waals surface area contributed by atoms with Gasteiger partial charge in [-0.1, -0.05) is 6.07 Å². The number of anilines is 1. The molecule has 7 heteroatoms. The first-order valence-corrected chi connectivity index (χ1v) is 9.31. The van der Waals surface area contributed by atoms with Crippen LogP contribution in [-0.4, -0.2) is 15.5 Å². The van der Waals surface area contributed by atoms with Crippen molar-refractivity contribution in [2.45, 2.75) is 32.7 Å². The van der Waals surface area contributed by atoms with Crippen LogP contribution in [0.4, 0.5) is 14.5 Å². The molecule has 3 aromatic rings. The highest BCUT2D eigenvalue weighted by Gasteiger charge is 2.18. The number of aromatic nitrogens is 2. The summed E-state index contributed by atoms with van der Waals surface area (Å²) in [5, 5.41) is 2.70. The maximum Gasteiger partial charge on any atom is 0.286 e. The van der Waals surface area contributed by atoms with Crippen LogP contribution in [0, 0.1) is 18.6 Å². The van der Waals surface area contributed by atoms with Gasteiger partial charge in [-0.25, -0.2) is 8.78 Å². The number of pyridine rings is 2. The van der Waals surface area contributed by atoms with Crippen LogP contribution in [0.15, 0.2) is 47.7 Å². The molecular formula is C22H19F2N3O2. The van der Waals surface area contributed by atoms with Crippen molar-refractivity contribution in [3.63, 3.8) is 0 Å². The Morgan fingerprint density at radius 3 is 2.69 bits per heavy atom. The summed E-state index contributed by atoms with van der Waals surface area (Å²) in [4.78, 5) is 27.7. The summed E-state index contributed by atoms with van der Waals surface area (Å²) in [6.07, 6.45) is 6.13. The number of hydrogen-bond acceptors (Lipinski definition) is 3. The van der Waals surface area contributed by atoms with Gasteiger partial charge in [0.25, 0.3) is 5.56 Å². The van der Waals surface area contributed by atoms with E-state index in [-0.39, 0.29) is 12.5 Å². The molecule has 0 saturated heterocycles. The van der Waals surface area contributed by atoms with Crippen molar-refractivity contribution < 1.29 is 13.6 Å². The molecule has 0 aliphatic carbocycles. The third kappa shape index (κ3) is 3.81. The molecule has 1 aliphatic heterocycles. The van der Waals surface area contributed by atoms with Crippen LogP contribution < -0.4 is 10.9 Å². The quantitative estimate of drug-likeness (QED) is 0.737. The van der Waals surface area contributed by atoms with Crippen LogP contribution >= 0.6 is 0 Å². The maximum absolute atomic E-state index is 14.6. The van der Waals surface area contributed by atoms with E-state index in [1.165, 1.54) is 22.9 Å². The summed E-state index contributed by atoms with van der Waals surface area (Å²) in [7, 11) is 0. The van der Waals surface area contributed by atoms with Crippen molar-refractivity contribution >= 4 is 11.6 Å². The summed E-state index contributed by atoms with van der Waals surface area (Å²) in [6.45, 7) is 2.06. The van der Waals surface area contributed by atoms with Crippen molar-refractivity contribution in [2.75, 3.05) is 5.32 Å². The second kappa shape index (κ2) is 7.58. The number of nitrogens with zero attached hydrogens (tertiary/aromatic N) is 2. The number of hydrogen-bond donors (Lipinski definition) is 1. The Kier molecular flexibility index (Phi) is 4.96. The maximum atomic E-state index is 14.6. The van der Waals surface area contributed by atoms with Crippen molar-refractivity contribution in [3.8, 4) is 0 Å². The molecule has 5 nitrogen and oxygen atoms in total. The predicted octanol–water partition coefficient (Wildman–Crippen LogP) is 3.35. The summed E-state index contributed by atoms with van der Waals surface area (Å²) < 4.78 is 29.4. The van der Waals surface area contributed by atoms with Gasteiger partial charge in [0.1, 0.15) is 5.82 Å². The van der Waals surface area contributed by atoms with E-state index < -0.39 is 17.2 Å². The fourth-order valence-electron chi connectivity index (χ4n) is 3.56. The predicted molar refractivity (Wildman–Crippen MR) is 105 cm³/mol. The van der Waals surface area contributed by atoms with Crippen molar-refractivity contribution in [1.29, 1.82) is 0 Å². The second-order valence-corrected chi connectivity index (χ2v) is 7.20.